The van der Waals surface area contributed by atoms with Crippen molar-refractivity contribution < 1.29 is 26.7 Å². The number of alkyl halides is 2. The van der Waals surface area contributed by atoms with Gasteiger partial charge >= 0.3 is 0 Å². The smallest absolute Gasteiger partial charge is 0.231 e. The van der Waals surface area contributed by atoms with E-state index in [1.165, 1.54) is 0 Å². The van der Waals surface area contributed by atoms with Crippen molar-refractivity contribution in [2.45, 2.75) is 36.4 Å². The highest BCUT2D eigenvalue weighted by Crippen LogP contribution is 2.64. The minimum Gasteiger partial charge on any atom is -0.367 e. The summed E-state index contributed by atoms with van der Waals surface area (Å²) < 4.78 is 73.1. The maximum absolute atomic E-state index is 14.6. The highest BCUT2D eigenvalue weighted by molar-refractivity contribution is 9.11. The Morgan fingerprint density at radius 1 is 1.00 bits per heavy atom. The van der Waals surface area contributed by atoms with E-state index in [9.17, 15) is 22.0 Å². The lowest BCUT2D eigenvalue weighted by atomic mass is 9.71. The Hall–Kier alpha value is -0.430. The average Bonchev–Trinajstić information content (AvgIpc) is 2.87. The van der Waals surface area contributed by atoms with Crippen LogP contribution in [0.25, 0.3) is 0 Å². The van der Waals surface area contributed by atoms with Crippen LogP contribution in [0.4, 0.5) is 22.0 Å². The standard InChI is InChI=1S/C10H6BrF5O/c11-7-5(12)6(13)8(14)10(16)4-2-1-3(17-4)9(7,10)15/h3-4H,1-2H2/t3-,4-,9-,10-/m1/s1. The van der Waals surface area contributed by atoms with Crippen LogP contribution in [-0.2, 0) is 4.74 Å². The van der Waals surface area contributed by atoms with Crippen LogP contribution in [-0.4, -0.2) is 23.5 Å². The summed E-state index contributed by atoms with van der Waals surface area (Å²) in [5.74, 6) is -5.79. The summed E-state index contributed by atoms with van der Waals surface area (Å²) >= 11 is 2.49. The van der Waals surface area contributed by atoms with E-state index in [-0.39, 0.29) is 12.8 Å². The molecular weight excluding hydrogens is 311 g/mol. The fourth-order valence-electron chi connectivity index (χ4n) is 2.81. The van der Waals surface area contributed by atoms with Crippen LogP contribution in [0.2, 0.25) is 0 Å². The van der Waals surface area contributed by atoms with Gasteiger partial charge in [-0.25, -0.2) is 22.0 Å². The van der Waals surface area contributed by atoms with Gasteiger partial charge in [-0.1, -0.05) is 0 Å². The second kappa shape index (κ2) is 3.12. The van der Waals surface area contributed by atoms with Gasteiger partial charge in [-0.05, 0) is 28.8 Å². The Bertz CT molecular complexity index is 433. The van der Waals surface area contributed by atoms with Crippen LogP contribution < -0.4 is 0 Å². The second-order valence-electron chi connectivity index (χ2n) is 4.37. The van der Waals surface area contributed by atoms with Gasteiger partial charge < -0.3 is 4.74 Å². The Balaban J connectivity index is 2.29. The molecule has 2 fully saturated rings. The molecule has 2 bridgehead atoms. The van der Waals surface area contributed by atoms with Crippen LogP contribution in [0.15, 0.2) is 22.0 Å². The third kappa shape index (κ3) is 0.999. The molecular formula is C10H6BrF5O. The van der Waals surface area contributed by atoms with Gasteiger partial charge in [0.1, 0.15) is 12.2 Å². The molecule has 0 amide bonds. The van der Waals surface area contributed by atoms with Crippen LogP contribution in [0, 0.1) is 0 Å². The summed E-state index contributed by atoms with van der Waals surface area (Å²) in [7, 11) is 0. The Kier molecular flexibility index (Phi) is 2.14. The summed E-state index contributed by atoms with van der Waals surface area (Å²) in [4.78, 5) is 0. The van der Waals surface area contributed by atoms with Gasteiger partial charge in [0, 0.05) is 0 Å². The first-order chi connectivity index (χ1) is 7.85. The van der Waals surface area contributed by atoms with E-state index in [1.807, 2.05) is 0 Å². The summed E-state index contributed by atoms with van der Waals surface area (Å²) in [6.45, 7) is 0. The number of fused-ring (bicyclic) bond motifs is 5. The Morgan fingerprint density at radius 2 is 1.53 bits per heavy atom. The normalized spacial score (nSPS) is 49.1. The molecule has 17 heavy (non-hydrogen) atoms. The van der Waals surface area contributed by atoms with Crippen molar-refractivity contribution in [2.24, 2.45) is 0 Å². The SMILES string of the molecule is FC1=C(F)[C@]2(F)[C@H]3CC[C@@H](O3)[C@@]2(F)C(Br)=C1F. The van der Waals surface area contributed by atoms with Gasteiger partial charge in [-0.3, -0.25) is 0 Å². The van der Waals surface area contributed by atoms with E-state index in [2.05, 4.69) is 15.9 Å². The molecule has 2 saturated heterocycles. The highest BCUT2D eigenvalue weighted by atomic mass is 79.9. The maximum atomic E-state index is 14.6. The lowest BCUT2D eigenvalue weighted by Crippen LogP contribution is -2.58. The zero-order chi connectivity index (χ0) is 12.6. The van der Waals surface area contributed by atoms with Crippen LogP contribution >= 0.6 is 15.9 Å². The van der Waals surface area contributed by atoms with Crippen molar-refractivity contribution in [3.63, 3.8) is 0 Å². The minimum atomic E-state index is -3.27. The van der Waals surface area contributed by atoms with Crippen molar-refractivity contribution in [3.8, 4) is 0 Å². The molecule has 0 saturated carbocycles. The first kappa shape index (κ1) is 11.6. The molecule has 0 unspecified atom stereocenters. The van der Waals surface area contributed by atoms with Gasteiger partial charge in [-0.2, -0.15) is 0 Å². The first-order valence-electron chi connectivity index (χ1n) is 5.00. The molecule has 2 heterocycles. The van der Waals surface area contributed by atoms with Crippen LogP contribution in [0.1, 0.15) is 12.8 Å². The first-order valence-corrected chi connectivity index (χ1v) is 5.79. The molecule has 0 N–H and O–H groups in total. The summed E-state index contributed by atoms with van der Waals surface area (Å²) in [6.07, 6.45) is -2.49. The Morgan fingerprint density at radius 3 is 2.12 bits per heavy atom. The van der Waals surface area contributed by atoms with E-state index in [0.29, 0.717) is 0 Å². The topological polar surface area (TPSA) is 9.23 Å². The number of allylic oxidation sites excluding steroid dienone is 2. The monoisotopic (exact) mass is 316 g/mol. The molecule has 3 rings (SSSR count). The molecule has 0 spiro atoms. The van der Waals surface area contributed by atoms with Crippen molar-refractivity contribution in [2.75, 3.05) is 0 Å². The highest BCUT2D eigenvalue weighted by Gasteiger charge is 2.78. The van der Waals surface area contributed by atoms with Crippen molar-refractivity contribution >= 4 is 15.9 Å². The van der Waals surface area contributed by atoms with Crippen molar-refractivity contribution in [3.05, 3.63) is 22.0 Å². The lowest BCUT2D eigenvalue weighted by molar-refractivity contribution is -0.0142. The van der Waals surface area contributed by atoms with E-state index in [4.69, 9.17) is 4.74 Å². The fourth-order valence-corrected chi connectivity index (χ4v) is 3.52. The third-order valence-corrected chi connectivity index (χ3v) is 4.58. The van der Waals surface area contributed by atoms with Gasteiger partial charge in [0.25, 0.3) is 0 Å². The minimum absolute atomic E-state index is 0.0788. The number of hydrogen-bond donors (Lipinski definition) is 0. The van der Waals surface area contributed by atoms with Crippen molar-refractivity contribution in [1.82, 2.24) is 0 Å². The van der Waals surface area contributed by atoms with E-state index >= 15 is 0 Å². The molecule has 2 aliphatic heterocycles. The predicted molar refractivity (Wildman–Crippen MR) is 51.9 cm³/mol. The molecule has 1 nitrogen and oxygen atoms in total. The van der Waals surface area contributed by atoms with E-state index in [1.54, 1.807) is 0 Å². The van der Waals surface area contributed by atoms with Crippen LogP contribution in [0.5, 0.6) is 0 Å². The summed E-state index contributed by atoms with van der Waals surface area (Å²) in [5.41, 5.74) is -6.28. The number of hydrogen-bond acceptors (Lipinski definition) is 1. The van der Waals surface area contributed by atoms with Gasteiger partial charge in [0.05, 0.1) is 4.48 Å². The lowest BCUT2D eigenvalue weighted by Gasteiger charge is -2.40. The molecule has 0 aromatic rings. The molecule has 1 aliphatic carbocycles. The number of ether oxygens (including phenoxy) is 1. The predicted octanol–water partition coefficient (Wildman–Crippen LogP) is 3.70. The van der Waals surface area contributed by atoms with Gasteiger partial charge in [0.2, 0.25) is 11.3 Å². The van der Waals surface area contributed by atoms with E-state index in [0.717, 1.165) is 0 Å². The molecule has 0 aromatic heterocycles. The van der Waals surface area contributed by atoms with Gasteiger partial charge in [-0.15, -0.1) is 0 Å². The molecule has 94 valence electrons. The summed E-state index contributed by atoms with van der Waals surface area (Å²) in [6, 6.07) is 0. The average molecular weight is 317 g/mol. The van der Waals surface area contributed by atoms with E-state index < -0.39 is 45.5 Å². The largest absolute Gasteiger partial charge is 0.367 e. The molecule has 3 aliphatic rings. The van der Waals surface area contributed by atoms with Crippen LogP contribution in [0.3, 0.4) is 0 Å². The fraction of sp³-hybridized carbons (Fsp3) is 0.600. The second-order valence-corrected chi connectivity index (χ2v) is 5.16. The van der Waals surface area contributed by atoms with Crippen molar-refractivity contribution in [1.29, 1.82) is 0 Å². The number of rotatable bonds is 0. The molecule has 0 aromatic carbocycles. The molecule has 4 atom stereocenters. The maximum Gasteiger partial charge on any atom is 0.231 e. The zero-order valence-electron chi connectivity index (χ0n) is 8.24. The summed E-state index contributed by atoms with van der Waals surface area (Å²) in [5, 5.41) is 0. The molecule has 0 radical (unpaired) electrons. The third-order valence-electron chi connectivity index (χ3n) is 3.65. The Labute approximate surface area is 101 Å². The molecule has 7 heteroatoms. The number of halogens is 6. The quantitative estimate of drug-likeness (QED) is 0.619. The van der Waals surface area contributed by atoms with Gasteiger partial charge in [0.15, 0.2) is 17.5 Å². The zero-order valence-corrected chi connectivity index (χ0v) is 9.83.